The molecule has 2 heterocycles. The van der Waals surface area contributed by atoms with E-state index in [-0.39, 0.29) is 24.5 Å². The molecule has 0 amide bonds. The summed E-state index contributed by atoms with van der Waals surface area (Å²) in [6.45, 7) is 1.77. The van der Waals surface area contributed by atoms with Crippen molar-refractivity contribution in [3.63, 3.8) is 0 Å². The van der Waals surface area contributed by atoms with Crippen molar-refractivity contribution in [2.24, 2.45) is 0 Å². The van der Waals surface area contributed by atoms with Crippen molar-refractivity contribution in [2.75, 3.05) is 24.7 Å². The summed E-state index contributed by atoms with van der Waals surface area (Å²) in [7, 11) is -6.95. The Labute approximate surface area is 120 Å². The van der Waals surface area contributed by atoms with Gasteiger partial charge in [0.25, 0.3) is 10.2 Å². The van der Waals surface area contributed by atoms with Crippen molar-refractivity contribution in [3.8, 4) is 0 Å². The Balaban J connectivity index is 2.15. The van der Waals surface area contributed by atoms with Crippen molar-refractivity contribution in [1.29, 1.82) is 0 Å². The molecule has 118 valence electrons. The van der Waals surface area contributed by atoms with Gasteiger partial charge in [0.2, 0.25) is 0 Å². The van der Waals surface area contributed by atoms with Crippen molar-refractivity contribution in [3.05, 3.63) is 0 Å². The molecule has 0 aromatic heterocycles. The van der Waals surface area contributed by atoms with E-state index < -0.39 is 31.6 Å². The quantitative estimate of drug-likeness (QED) is 0.707. The largest absolute Gasteiger partial charge is 0.395 e. The maximum absolute atomic E-state index is 12.4. The van der Waals surface area contributed by atoms with Crippen LogP contribution in [0.1, 0.15) is 32.6 Å². The molecule has 0 saturated carbocycles. The average Bonchev–Trinajstić information content (AvgIpc) is 2.62. The van der Waals surface area contributed by atoms with Gasteiger partial charge < -0.3 is 5.11 Å². The molecule has 0 aromatic rings. The Morgan fingerprint density at radius 3 is 2.65 bits per heavy atom. The first-order chi connectivity index (χ1) is 9.18. The lowest BCUT2D eigenvalue weighted by atomic mass is 10.0. The molecular weight excluding hydrogens is 304 g/mol. The minimum Gasteiger partial charge on any atom is -0.395 e. The summed E-state index contributed by atoms with van der Waals surface area (Å²) in [4.78, 5) is 0. The Hall–Kier alpha value is -0.220. The first-order valence-electron chi connectivity index (χ1n) is 6.79. The Morgan fingerprint density at radius 1 is 1.40 bits per heavy atom. The minimum absolute atomic E-state index is 0.00937. The standard InChI is InChI=1S/C11H22N2O5S2/c1-11(5-7-19(15,16)9-11)12-20(17,18)13-6-3-2-4-10(13)8-14/h10,12,14H,2-9H2,1H3. The van der Waals surface area contributed by atoms with E-state index in [0.717, 1.165) is 12.8 Å². The molecule has 2 unspecified atom stereocenters. The van der Waals surface area contributed by atoms with Crippen molar-refractivity contribution in [2.45, 2.75) is 44.2 Å². The summed E-state index contributed by atoms with van der Waals surface area (Å²) in [6.07, 6.45) is 2.56. The van der Waals surface area contributed by atoms with E-state index in [4.69, 9.17) is 0 Å². The summed E-state index contributed by atoms with van der Waals surface area (Å²) < 4.78 is 51.8. The number of hydrogen-bond acceptors (Lipinski definition) is 5. The fourth-order valence-electron chi connectivity index (χ4n) is 2.93. The molecule has 2 rings (SSSR count). The molecule has 0 radical (unpaired) electrons. The van der Waals surface area contributed by atoms with E-state index in [1.165, 1.54) is 4.31 Å². The molecule has 0 spiro atoms. The molecule has 2 aliphatic rings. The first-order valence-corrected chi connectivity index (χ1v) is 10.1. The minimum atomic E-state index is -3.78. The second kappa shape index (κ2) is 5.53. The van der Waals surface area contributed by atoms with Gasteiger partial charge in [-0.25, -0.2) is 8.42 Å². The van der Waals surface area contributed by atoms with E-state index in [1.54, 1.807) is 6.92 Å². The zero-order valence-corrected chi connectivity index (χ0v) is 13.2. The highest BCUT2D eigenvalue weighted by Gasteiger charge is 2.43. The van der Waals surface area contributed by atoms with Gasteiger partial charge in [-0.15, -0.1) is 0 Å². The highest BCUT2D eigenvalue weighted by molar-refractivity contribution is 7.92. The molecule has 2 aliphatic heterocycles. The fraction of sp³-hybridized carbons (Fsp3) is 1.00. The number of piperidine rings is 1. The predicted octanol–water partition coefficient (Wildman–Crippen LogP) is -0.755. The molecule has 2 fully saturated rings. The van der Waals surface area contributed by atoms with Crippen molar-refractivity contribution >= 4 is 20.0 Å². The SMILES string of the molecule is CC1(NS(=O)(=O)N2CCCCC2CO)CCS(=O)(=O)C1. The number of nitrogens with one attached hydrogen (secondary N) is 1. The van der Waals surface area contributed by atoms with E-state index in [9.17, 15) is 21.9 Å². The molecule has 2 saturated heterocycles. The van der Waals surface area contributed by atoms with Crippen LogP contribution >= 0.6 is 0 Å². The molecule has 2 atom stereocenters. The monoisotopic (exact) mass is 326 g/mol. The summed E-state index contributed by atoms with van der Waals surface area (Å²) >= 11 is 0. The summed E-state index contributed by atoms with van der Waals surface area (Å²) in [5.41, 5.74) is -0.949. The van der Waals surface area contributed by atoms with Gasteiger partial charge in [0, 0.05) is 18.1 Å². The topological polar surface area (TPSA) is 104 Å². The highest BCUT2D eigenvalue weighted by Crippen LogP contribution is 2.26. The van der Waals surface area contributed by atoms with Crippen LogP contribution in [0.2, 0.25) is 0 Å². The van der Waals surface area contributed by atoms with Gasteiger partial charge in [0.15, 0.2) is 9.84 Å². The predicted molar refractivity (Wildman–Crippen MR) is 75.2 cm³/mol. The van der Waals surface area contributed by atoms with Crippen LogP contribution in [0.15, 0.2) is 0 Å². The maximum Gasteiger partial charge on any atom is 0.280 e. The van der Waals surface area contributed by atoms with Gasteiger partial charge >= 0.3 is 0 Å². The lowest BCUT2D eigenvalue weighted by Crippen LogP contribution is -2.56. The van der Waals surface area contributed by atoms with Gasteiger partial charge in [0.05, 0.1) is 18.1 Å². The van der Waals surface area contributed by atoms with Crippen LogP contribution < -0.4 is 4.72 Å². The van der Waals surface area contributed by atoms with Crippen LogP contribution in [0.3, 0.4) is 0 Å². The lowest BCUT2D eigenvalue weighted by Gasteiger charge is -2.36. The number of hydrogen-bond donors (Lipinski definition) is 2. The third-order valence-electron chi connectivity index (χ3n) is 3.97. The number of sulfone groups is 1. The van der Waals surface area contributed by atoms with Gasteiger partial charge in [0.1, 0.15) is 0 Å². The zero-order chi connectivity index (χ0) is 15.0. The Kier molecular flexibility index (Phi) is 4.46. The van der Waals surface area contributed by atoms with E-state index in [2.05, 4.69) is 4.72 Å². The van der Waals surface area contributed by atoms with Gasteiger partial charge in [-0.2, -0.15) is 17.4 Å². The van der Waals surface area contributed by atoms with Crippen LogP contribution in [0.5, 0.6) is 0 Å². The summed E-state index contributed by atoms with van der Waals surface area (Å²) in [5, 5.41) is 9.30. The van der Waals surface area contributed by atoms with Gasteiger partial charge in [-0.1, -0.05) is 6.42 Å². The second-order valence-corrected chi connectivity index (χ2v) is 9.76. The molecule has 20 heavy (non-hydrogen) atoms. The van der Waals surface area contributed by atoms with Crippen molar-refractivity contribution in [1.82, 2.24) is 9.03 Å². The number of aliphatic hydroxyl groups excluding tert-OH is 1. The Bertz CT molecular complexity index is 559. The van der Waals surface area contributed by atoms with E-state index >= 15 is 0 Å². The molecule has 7 nitrogen and oxygen atoms in total. The van der Waals surface area contributed by atoms with Crippen LogP contribution in [0, 0.1) is 0 Å². The molecule has 0 aromatic carbocycles. The smallest absolute Gasteiger partial charge is 0.280 e. The lowest BCUT2D eigenvalue weighted by molar-refractivity contribution is 0.152. The van der Waals surface area contributed by atoms with Gasteiger partial charge in [-0.05, 0) is 26.2 Å². The first kappa shape index (κ1) is 16.2. The highest BCUT2D eigenvalue weighted by atomic mass is 32.2. The fourth-order valence-corrected chi connectivity index (χ4v) is 6.97. The molecule has 0 aliphatic carbocycles. The van der Waals surface area contributed by atoms with Crippen LogP contribution in [-0.2, 0) is 20.0 Å². The molecule has 9 heteroatoms. The number of rotatable bonds is 4. The molecular formula is C11H22N2O5S2. The summed E-state index contributed by atoms with van der Waals surface area (Å²) in [6, 6.07) is -0.414. The van der Waals surface area contributed by atoms with E-state index in [0.29, 0.717) is 13.0 Å². The molecule has 2 N–H and O–H groups in total. The maximum atomic E-state index is 12.4. The van der Waals surface area contributed by atoms with Crippen LogP contribution in [0.25, 0.3) is 0 Å². The average molecular weight is 326 g/mol. The third-order valence-corrected chi connectivity index (χ3v) is 7.72. The number of nitrogens with zero attached hydrogens (tertiary/aromatic N) is 1. The zero-order valence-electron chi connectivity index (χ0n) is 11.6. The van der Waals surface area contributed by atoms with Crippen LogP contribution in [0.4, 0.5) is 0 Å². The normalized spacial score (nSPS) is 35.2. The van der Waals surface area contributed by atoms with Gasteiger partial charge in [-0.3, -0.25) is 0 Å². The Morgan fingerprint density at radius 2 is 2.10 bits per heavy atom. The van der Waals surface area contributed by atoms with Crippen LogP contribution in [-0.4, -0.2) is 62.5 Å². The summed E-state index contributed by atoms with van der Waals surface area (Å²) in [5.74, 6) is -0.160. The third kappa shape index (κ3) is 3.51. The second-order valence-electron chi connectivity index (χ2n) is 5.95. The van der Waals surface area contributed by atoms with Crippen molar-refractivity contribution < 1.29 is 21.9 Å². The van der Waals surface area contributed by atoms with E-state index in [1.807, 2.05) is 0 Å². The number of aliphatic hydroxyl groups is 1. The molecule has 0 bridgehead atoms.